The summed E-state index contributed by atoms with van der Waals surface area (Å²) >= 11 is 1.55. The van der Waals surface area contributed by atoms with E-state index in [1.807, 2.05) is 35.7 Å². The van der Waals surface area contributed by atoms with Crippen molar-refractivity contribution in [2.24, 2.45) is 0 Å². The molecule has 0 aliphatic carbocycles. The Hall–Kier alpha value is -2.74. The van der Waals surface area contributed by atoms with Crippen molar-refractivity contribution in [1.29, 1.82) is 0 Å². The molecule has 27 heavy (non-hydrogen) atoms. The number of hydrogen-bond donors (Lipinski definition) is 2. The fourth-order valence-electron chi connectivity index (χ4n) is 2.92. The summed E-state index contributed by atoms with van der Waals surface area (Å²) in [6.07, 6.45) is 3.54. The molecule has 3 rings (SSSR count). The summed E-state index contributed by atoms with van der Waals surface area (Å²) in [5, 5.41) is 8.36. The maximum atomic E-state index is 12.4. The largest absolute Gasteiger partial charge is 0.356 e. The zero-order chi connectivity index (χ0) is 19.1. The van der Waals surface area contributed by atoms with Crippen LogP contribution in [0.15, 0.2) is 41.9 Å². The van der Waals surface area contributed by atoms with E-state index >= 15 is 0 Å². The molecule has 1 fully saturated rings. The molecule has 1 aromatic carbocycles. The quantitative estimate of drug-likeness (QED) is 0.642. The highest BCUT2D eigenvalue weighted by molar-refractivity contribution is 7.09. The SMILES string of the molecule is O=C(CC[C@H]1NC(=O)N(CCc2ccccc2)C1=O)NCCc1nccs1. The number of benzene rings is 1. The van der Waals surface area contributed by atoms with Crippen molar-refractivity contribution in [1.82, 2.24) is 20.5 Å². The molecule has 0 bridgehead atoms. The van der Waals surface area contributed by atoms with Crippen molar-refractivity contribution in [2.45, 2.75) is 31.7 Å². The summed E-state index contributed by atoms with van der Waals surface area (Å²) < 4.78 is 0. The lowest BCUT2D eigenvalue weighted by Gasteiger charge is -2.13. The van der Waals surface area contributed by atoms with Crippen LogP contribution in [0.3, 0.4) is 0 Å². The normalized spacial score (nSPS) is 16.4. The van der Waals surface area contributed by atoms with Gasteiger partial charge in [0.15, 0.2) is 0 Å². The topological polar surface area (TPSA) is 91.4 Å². The van der Waals surface area contributed by atoms with E-state index < -0.39 is 6.04 Å². The first-order valence-corrected chi connectivity index (χ1v) is 9.82. The number of urea groups is 1. The van der Waals surface area contributed by atoms with Crippen LogP contribution >= 0.6 is 11.3 Å². The second-order valence-electron chi connectivity index (χ2n) is 6.29. The number of amides is 4. The summed E-state index contributed by atoms with van der Waals surface area (Å²) in [6.45, 7) is 0.853. The van der Waals surface area contributed by atoms with Gasteiger partial charge in [0.1, 0.15) is 6.04 Å². The van der Waals surface area contributed by atoms with E-state index in [0.717, 1.165) is 10.6 Å². The number of hydrogen-bond acceptors (Lipinski definition) is 5. The van der Waals surface area contributed by atoms with E-state index in [1.165, 1.54) is 4.90 Å². The number of imide groups is 1. The van der Waals surface area contributed by atoms with Gasteiger partial charge >= 0.3 is 6.03 Å². The third-order valence-corrected chi connectivity index (χ3v) is 5.22. The number of nitrogens with one attached hydrogen (secondary N) is 2. The Morgan fingerprint density at radius 2 is 2.04 bits per heavy atom. The van der Waals surface area contributed by atoms with Crippen LogP contribution in [0.5, 0.6) is 0 Å². The monoisotopic (exact) mass is 386 g/mol. The molecule has 2 heterocycles. The van der Waals surface area contributed by atoms with Crippen LogP contribution in [0.4, 0.5) is 4.79 Å². The molecular weight excluding hydrogens is 364 g/mol. The zero-order valence-electron chi connectivity index (χ0n) is 14.9. The Kier molecular flexibility index (Phi) is 6.54. The third-order valence-electron chi connectivity index (χ3n) is 4.38. The van der Waals surface area contributed by atoms with Crippen LogP contribution in [0.1, 0.15) is 23.4 Å². The molecule has 142 valence electrons. The van der Waals surface area contributed by atoms with Crippen LogP contribution in [-0.4, -0.2) is 46.9 Å². The highest BCUT2D eigenvalue weighted by Gasteiger charge is 2.37. The second kappa shape index (κ2) is 9.27. The van der Waals surface area contributed by atoms with Crippen LogP contribution in [0.2, 0.25) is 0 Å². The van der Waals surface area contributed by atoms with Crippen LogP contribution in [-0.2, 0) is 22.4 Å². The molecule has 0 unspecified atom stereocenters. The highest BCUT2D eigenvalue weighted by Crippen LogP contribution is 2.13. The molecule has 1 aliphatic rings. The lowest BCUT2D eigenvalue weighted by atomic mass is 10.1. The predicted octanol–water partition coefficient (Wildman–Crippen LogP) is 1.75. The van der Waals surface area contributed by atoms with Crippen LogP contribution < -0.4 is 10.6 Å². The molecule has 0 spiro atoms. The zero-order valence-corrected chi connectivity index (χ0v) is 15.7. The van der Waals surface area contributed by atoms with Gasteiger partial charge in [-0.25, -0.2) is 9.78 Å². The Morgan fingerprint density at radius 3 is 2.78 bits per heavy atom. The number of aromatic nitrogens is 1. The Labute approximate surface area is 161 Å². The van der Waals surface area contributed by atoms with E-state index in [9.17, 15) is 14.4 Å². The van der Waals surface area contributed by atoms with Gasteiger partial charge in [-0.05, 0) is 18.4 Å². The molecule has 7 nitrogen and oxygen atoms in total. The van der Waals surface area contributed by atoms with E-state index in [4.69, 9.17) is 0 Å². The van der Waals surface area contributed by atoms with Gasteiger partial charge in [-0.15, -0.1) is 11.3 Å². The van der Waals surface area contributed by atoms with Gasteiger partial charge in [0, 0.05) is 37.5 Å². The molecule has 0 saturated carbocycles. The average molecular weight is 386 g/mol. The summed E-state index contributed by atoms with van der Waals surface area (Å²) in [5.41, 5.74) is 1.07. The van der Waals surface area contributed by atoms with Gasteiger partial charge < -0.3 is 10.6 Å². The van der Waals surface area contributed by atoms with Crippen LogP contribution in [0.25, 0.3) is 0 Å². The summed E-state index contributed by atoms with van der Waals surface area (Å²) in [4.78, 5) is 41.8. The van der Waals surface area contributed by atoms with Crippen molar-refractivity contribution in [3.63, 3.8) is 0 Å². The number of nitrogens with zero attached hydrogens (tertiary/aromatic N) is 2. The molecule has 0 radical (unpaired) electrons. The molecular formula is C19H22N4O3S. The van der Waals surface area contributed by atoms with Gasteiger partial charge in [-0.3, -0.25) is 14.5 Å². The number of carbonyl (C=O) groups is 3. The van der Waals surface area contributed by atoms with Crippen LogP contribution in [0, 0.1) is 0 Å². The van der Waals surface area contributed by atoms with Crippen molar-refractivity contribution in [3.05, 3.63) is 52.5 Å². The van der Waals surface area contributed by atoms with Gasteiger partial charge in [0.2, 0.25) is 5.91 Å². The molecule has 1 aliphatic heterocycles. The average Bonchev–Trinajstić information content (AvgIpc) is 3.28. The van der Waals surface area contributed by atoms with E-state index in [0.29, 0.717) is 32.4 Å². The van der Waals surface area contributed by atoms with Crippen molar-refractivity contribution in [2.75, 3.05) is 13.1 Å². The Bertz CT molecular complexity index is 780. The summed E-state index contributed by atoms with van der Waals surface area (Å²) in [5.74, 6) is -0.386. The van der Waals surface area contributed by atoms with Crippen molar-refractivity contribution >= 4 is 29.2 Å². The Balaban J connectivity index is 1.39. The summed E-state index contributed by atoms with van der Waals surface area (Å²) in [6, 6.07) is 8.70. The van der Waals surface area contributed by atoms with E-state index in [1.54, 1.807) is 17.5 Å². The lowest BCUT2D eigenvalue weighted by Crippen LogP contribution is -2.34. The number of carbonyl (C=O) groups excluding carboxylic acids is 3. The molecule has 1 saturated heterocycles. The smallest absolute Gasteiger partial charge is 0.324 e. The molecule has 2 N–H and O–H groups in total. The lowest BCUT2D eigenvalue weighted by molar-refractivity contribution is -0.127. The van der Waals surface area contributed by atoms with Crippen molar-refractivity contribution < 1.29 is 14.4 Å². The highest BCUT2D eigenvalue weighted by atomic mass is 32.1. The Morgan fingerprint density at radius 1 is 1.22 bits per heavy atom. The standard InChI is InChI=1S/C19H22N4O3S/c24-16(20-10-8-17-21-11-13-27-17)7-6-15-18(25)23(19(26)22-15)12-9-14-4-2-1-3-5-14/h1-5,11,13,15H,6-10,12H2,(H,20,24)(H,22,26)/t15-/m1/s1. The minimum absolute atomic E-state index is 0.128. The fourth-order valence-corrected chi connectivity index (χ4v) is 3.54. The molecule has 1 atom stereocenters. The second-order valence-corrected chi connectivity index (χ2v) is 7.27. The van der Waals surface area contributed by atoms with Crippen molar-refractivity contribution in [3.8, 4) is 0 Å². The minimum atomic E-state index is -0.627. The predicted molar refractivity (Wildman–Crippen MR) is 102 cm³/mol. The van der Waals surface area contributed by atoms with Gasteiger partial charge in [-0.1, -0.05) is 30.3 Å². The van der Waals surface area contributed by atoms with E-state index in [2.05, 4.69) is 15.6 Å². The van der Waals surface area contributed by atoms with Gasteiger partial charge in [-0.2, -0.15) is 0 Å². The molecule has 1 aromatic heterocycles. The minimum Gasteiger partial charge on any atom is -0.356 e. The first kappa shape index (κ1) is 19.0. The molecule has 4 amide bonds. The maximum absolute atomic E-state index is 12.4. The number of rotatable bonds is 9. The fraction of sp³-hybridized carbons (Fsp3) is 0.368. The first-order valence-electron chi connectivity index (χ1n) is 8.94. The molecule has 8 heteroatoms. The number of thiazole rings is 1. The van der Waals surface area contributed by atoms with E-state index in [-0.39, 0.29) is 24.3 Å². The third kappa shape index (κ3) is 5.37. The molecule has 2 aromatic rings. The summed E-state index contributed by atoms with van der Waals surface area (Å²) in [7, 11) is 0. The van der Waals surface area contributed by atoms with Gasteiger partial charge in [0.25, 0.3) is 5.91 Å². The first-order chi connectivity index (χ1) is 13.1. The maximum Gasteiger partial charge on any atom is 0.324 e. The van der Waals surface area contributed by atoms with Gasteiger partial charge in [0.05, 0.1) is 5.01 Å².